The fourth-order valence-electron chi connectivity index (χ4n) is 3.10. The number of amides is 2. The molecule has 0 saturated carbocycles. The molecule has 3 rings (SSSR count). The van der Waals surface area contributed by atoms with Crippen molar-refractivity contribution in [2.75, 3.05) is 19.0 Å². The van der Waals surface area contributed by atoms with Crippen molar-refractivity contribution in [1.82, 2.24) is 4.90 Å². The van der Waals surface area contributed by atoms with Crippen molar-refractivity contribution >= 4 is 23.5 Å². The van der Waals surface area contributed by atoms with Gasteiger partial charge in [-0.1, -0.05) is 6.07 Å². The van der Waals surface area contributed by atoms with E-state index >= 15 is 0 Å². The summed E-state index contributed by atoms with van der Waals surface area (Å²) >= 11 is 0. The minimum atomic E-state index is -1.07. The second-order valence-corrected chi connectivity index (χ2v) is 6.72. The molecule has 1 aromatic carbocycles. The number of aryl methyl sites for hydroxylation is 1. The van der Waals surface area contributed by atoms with E-state index in [2.05, 4.69) is 5.32 Å². The first-order valence-electron chi connectivity index (χ1n) is 8.95. The lowest BCUT2D eigenvalue weighted by atomic mass is 10.1. The number of carboxylic acids is 1. The van der Waals surface area contributed by atoms with Gasteiger partial charge >= 0.3 is 5.97 Å². The largest absolute Gasteiger partial charge is 0.478 e. The molecule has 0 spiro atoms. The quantitative estimate of drug-likeness (QED) is 0.790. The van der Waals surface area contributed by atoms with Crippen LogP contribution in [0.5, 0.6) is 0 Å². The number of nitrogens with zero attached hydrogens (tertiary/aromatic N) is 1. The molecule has 2 heterocycles. The summed E-state index contributed by atoms with van der Waals surface area (Å²) < 4.78 is 10.8. The van der Waals surface area contributed by atoms with E-state index in [1.165, 1.54) is 11.0 Å². The fraction of sp³-hybridized carbons (Fsp3) is 0.350. The molecule has 28 heavy (non-hydrogen) atoms. The van der Waals surface area contributed by atoms with Gasteiger partial charge in [-0.15, -0.1) is 0 Å². The Bertz CT molecular complexity index is 898. The zero-order chi connectivity index (χ0) is 20.3. The number of aromatic carboxylic acids is 1. The third-order valence-corrected chi connectivity index (χ3v) is 4.54. The molecule has 1 aliphatic rings. The summed E-state index contributed by atoms with van der Waals surface area (Å²) in [6, 6.07) is 8.06. The van der Waals surface area contributed by atoms with Crippen LogP contribution in [0.25, 0.3) is 0 Å². The maximum Gasteiger partial charge on any atom is 0.339 e. The Morgan fingerprint density at radius 3 is 2.71 bits per heavy atom. The van der Waals surface area contributed by atoms with Gasteiger partial charge in [-0.3, -0.25) is 9.59 Å². The van der Waals surface area contributed by atoms with E-state index in [9.17, 15) is 14.4 Å². The number of hydrogen-bond acceptors (Lipinski definition) is 5. The van der Waals surface area contributed by atoms with Crippen LogP contribution in [0, 0.1) is 6.92 Å². The van der Waals surface area contributed by atoms with Gasteiger partial charge in [-0.2, -0.15) is 0 Å². The molecule has 8 heteroatoms. The summed E-state index contributed by atoms with van der Waals surface area (Å²) in [5.74, 6) is -0.895. The van der Waals surface area contributed by atoms with Gasteiger partial charge in [0.25, 0.3) is 11.8 Å². The van der Waals surface area contributed by atoms with E-state index in [4.69, 9.17) is 14.3 Å². The second kappa shape index (κ2) is 8.26. The third kappa shape index (κ3) is 4.40. The van der Waals surface area contributed by atoms with Crippen LogP contribution in [0.3, 0.4) is 0 Å². The van der Waals surface area contributed by atoms with Crippen molar-refractivity contribution in [1.29, 1.82) is 0 Å². The average Bonchev–Trinajstić information content (AvgIpc) is 3.31. The van der Waals surface area contributed by atoms with Crippen LogP contribution in [0.4, 0.5) is 5.69 Å². The normalized spacial score (nSPS) is 16.0. The van der Waals surface area contributed by atoms with Crippen molar-refractivity contribution in [2.24, 2.45) is 0 Å². The molecule has 2 N–H and O–H groups in total. The molecule has 0 aliphatic carbocycles. The highest BCUT2D eigenvalue weighted by Gasteiger charge is 2.24. The number of carbonyl (C=O) groups excluding carboxylic acids is 2. The lowest BCUT2D eigenvalue weighted by Crippen LogP contribution is -2.28. The van der Waals surface area contributed by atoms with Crippen LogP contribution >= 0.6 is 0 Å². The topological polar surface area (TPSA) is 109 Å². The first-order chi connectivity index (χ1) is 13.3. The number of nitrogens with one attached hydrogen (secondary N) is 1. The summed E-state index contributed by atoms with van der Waals surface area (Å²) in [7, 11) is 1.60. The van der Waals surface area contributed by atoms with Crippen LogP contribution in [0.15, 0.2) is 34.7 Å². The van der Waals surface area contributed by atoms with Crippen molar-refractivity contribution in [2.45, 2.75) is 32.4 Å². The van der Waals surface area contributed by atoms with Gasteiger partial charge in [-0.25, -0.2) is 4.79 Å². The minimum Gasteiger partial charge on any atom is -0.478 e. The predicted octanol–water partition coefficient (Wildman–Crippen LogP) is 2.68. The molecule has 1 aromatic heterocycles. The molecule has 1 aliphatic heterocycles. The van der Waals surface area contributed by atoms with Crippen LogP contribution in [-0.4, -0.2) is 47.5 Å². The van der Waals surface area contributed by atoms with E-state index in [1.54, 1.807) is 38.2 Å². The van der Waals surface area contributed by atoms with Gasteiger partial charge in [0.05, 0.1) is 6.54 Å². The molecule has 1 fully saturated rings. The van der Waals surface area contributed by atoms with E-state index in [1.807, 2.05) is 0 Å². The zero-order valence-corrected chi connectivity index (χ0v) is 15.7. The van der Waals surface area contributed by atoms with Gasteiger partial charge in [0.1, 0.15) is 23.2 Å². The number of hydrogen-bond donors (Lipinski definition) is 2. The Morgan fingerprint density at radius 2 is 2.07 bits per heavy atom. The van der Waals surface area contributed by atoms with E-state index < -0.39 is 12.1 Å². The minimum absolute atomic E-state index is 0.0784. The lowest BCUT2D eigenvalue weighted by molar-refractivity contribution is -0.124. The molecule has 0 bridgehead atoms. The number of rotatable bonds is 6. The highest BCUT2D eigenvalue weighted by molar-refractivity contribution is 5.98. The number of furan rings is 1. The molecule has 148 valence electrons. The van der Waals surface area contributed by atoms with Gasteiger partial charge in [0.15, 0.2) is 0 Å². The summed E-state index contributed by atoms with van der Waals surface area (Å²) in [5.41, 5.74) is 0.992. The van der Waals surface area contributed by atoms with Gasteiger partial charge in [-0.05, 0) is 44.0 Å². The molecule has 0 radical (unpaired) electrons. The highest BCUT2D eigenvalue weighted by atomic mass is 16.5. The predicted molar refractivity (Wildman–Crippen MR) is 100 cm³/mol. The number of carbonyl (C=O) groups is 3. The Balaban J connectivity index is 1.67. The molecule has 2 aromatic rings. The Labute approximate surface area is 162 Å². The Hall–Kier alpha value is -3.13. The fourth-order valence-corrected chi connectivity index (χ4v) is 3.10. The second-order valence-electron chi connectivity index (χ2n) is 6.72. The van der Waals surface area contributed by atoms with Gasteiger partial charge in [0.2, 0.25) is 0 Å². The maximum atomic E-state index is 12.7. The molecule has 8 nitrogen and oxygen atoms in total. The van der Waals surface area contributed by atoms with E-state index in [-0.39, 0.29) is 23.9 Å². The van der Waals surface area contributed by atoms with Gasteiger partial charge < -0.3 is 24.5 Å². The highest BCUT2D eigenvalue weighted by Crippen LogP contribution is 2.19. The standard InChI is InChI=1S/C20H22N2O6/c1-12-16(20(25)26)10-15(28-12)11-22(2)19(24)13-5-3-6-14(9-13)21-18(23)17-7-4-8-27-17/h3,5-6,9-10,17H,4,7-8,11H2,1-2H3,(H,21,23)(H,25,26). The van der Waals surface area contributed by atoms with E-state index in [0.29, 0.717) is 35.8 Å². The first kappa shape index (κ1) is 19.6. The van der Waals surface area contributed by atoms with Crippen molar-refractivity contribution in [3.63, 3.8) is 0 Å². The number of anilines is 1. The van der Waals surface area contributed by atoms with Crippen molar-refractivity contribution < 1.29 is 28.6 Å². The van der Waals surface area contributed by atoms with Crippen molar-refractivity contribution in [3.8, 4) is 0 Å². The zero-order valence-electron chi connectivity index (χ0n) is 15.7. The van der Waals surface area contributed by atoms with Crippen LogP contribution in [-0.2, 0) is 16.1 Å². The smallest absolute Gasteiger partial charge is 0.339 e. The molecular weight excluding hydrogens is 364 g/mol. The van der Waals surface area contributed by atoms with Gasteiger partial charge in [0, 0.05) is 24.9 Å². The number of carboxylic acid groups (broad SMARTS) is 1. The summed E-state index contributed by atoms with van der Waals surface area (Å²) in [6.45, 7) is 2.27. The molecule has 1 unspecified atom stereocenters. The molecule has 1 atom stereocenters. The average molecular weight is 386 g/mol. The van der Waals surface area contributed by atoms with Crippen LogP contribution < -0.4 is 5.32 Å². The Kier molecular flexibility index (Phi) is 5.79. The van der Waals surface area contributed by atoms with Crippen LogP contribution in [0.2, 0.25) is 0 Å². The van der Waals surface area contributed by atoms with E-state index in [0.717, 1.165) is 6.42 Å². The maximum absolute atomic E-state index is 12.7. The molecule has 1 saturated heterocycles. The SMILES string of the molecule is Cc1oc(CN(C)C(=O)c2cccc(NC(=O)C3CCCO3)c2)cc1C(=O)O. The van der Waals surface area contributed by atoms with Crippen LogP contribution in [0.1, 0.15) is 45.1 Å². The first-order valence-corrected chi connectivity index (χ1v) is 8.95. The Morgan fingerprint density at radius 1 is 1.29 bits per heavy atom. The number of benzene rings is 1. The molecular formula is C20H22N2O6. The molecule has 2 amide bonds. The summed E-state index contributed by atoms with van der Waals surface area (Å²) in [6.07, 6.45) is 1.10. The lowest BCUT2D eigenvalue weighted by Gasteiger charge is -2.17. The monoisotopic (exact) mass is 386 g/mol. The summed E-state index contributed by atoms with van der Waals surface area (Å²) in [4.78, 5) is 37.4. The summed E-state index contributed by atoms with van der Waals surface area (Å²) in [5, 5.41) is 11.9. The number of ether oxygens (including phenoxy) is 1. The van der Waals surface area contributed by atoms with Crippen molar-refractivity contribution in [3.05, 3.63) is 53.0 Å². The third-order valence-electron chi connectivity index (χ3n) is 4.54.